The second kappa shape index (κ2) is 9.14. The highest BCUT2D eigenvalue weighted by molar-refractivity contribution is 9.10. The van der Waals surface area contributed by atoms with Crippen LogP contribution in [0, 0.1) is 6.92 Å². The number of rotatable bonds is 7. The van der Waals surface area contributed by atoms with E-state index in [1.54, 1.807) is 32.9 Å². The van der Waals surface area contributed by atoms with Crippen LogP contribution in [0.3, 0.4) is 0 Å². The SMILES string of the molecule is CCOC(=O)/C(=N\Nc1ccc(Br)cc1)c1onc(C)c1C(=O)OCC. The number of hydrogen-bond acceptors (Lipinski definition) is 8. The van der Waals surface area contributed by atoms with Gasteiger partial charge in [0, 0.05) is 4.47 Å². The number of carbonyl (C=O) groups excluding carboxylic acids is 2. The van der Waals surface area contributed by atoms with Crippen molar-refractivity contribution in [2.45, 2.75) is 20.8 Å². The van der Waals surface area contributed by atoms with Crippen molar-refractivity contribution in [3.05, 3.63) is 45.8 Å². The van der Waals surface area contributed by atoms with E-state index in [2.05, 4.69) is 31.6 Å². The Bertz CT molecular complexity index is 814. The van der Waals surface area contributed by atoms with Crippen molar-refractivity contribution in [1.29, 1.82) is 0 Å². The van der Waals surface area contributed by atoms with Gasteiger partial charge in [0.15, 0.2) is 0 Å². The third kappa shape index (κ3) is 4.69. The number of benzene rings is 1. The molecule has 9 heteroatoms. The molecule has 0 atom stereocenters. The van der Waals surface area contributed by atoms with Gasteiger partial charge in [0.05, 0.1) is 24.6 Å². The Hall–Kier alpha value is -2.68. The van der Waals surface area contributed by atoms with Crippen molar-refractivity contribution < 1.29 is 23.6 Å². The van der Waals surface area contributed by atoms with E-state index >= 15 is 0 Å². The second-order valence-corrected chi connectivity index (χ2v) is 5.91. The molecule has 0 amide bonds. The highest BCUT2D eigenvalue weighted by atomic mass is 79.9. The molecule has 26 heavy (non-hydrogen) atoms. The lowest BCUT2D eigenvalue weighted by molar-refractivity contribution is -0.135. The molecule has 0 fully saturated rings. The highest BCUT2D eigenvalue weighted by Crippen LogP contribution is 2.18. The molecule has 0 spiro atoms. The maximum Gasteiger partial charge on any atom is 0.362 e. The molecule has 1 aromatic heterocycles. The lowest BCUT2D eigenvalue weighted by Crippen LogP contribution is -2.22. The highest BCUT2D eigenvalue weighted by Gasteiger charge is 2.30. The first-order chi connectivity index (χ1) is 12.5. The minimum Gasteiger partial charge on any atom is -0.462 e. The van der Waals surface area contributed by atoms with Gasteiger partial charge < -0.3 is 14.0 Å². The van der Waals surface area contributed by atoms with Gasteiger partial charge in [0.1, 0.15) is 5.56 Å². The van der Waals surface area contributed by atoms with Crippen LogP contribution in [-0.2, 0) is 14.3 Å². The van der Waals surface area contributed by atoms with E-state index in [4.69, 9.17) is 14.0 Å². The van der Waals surface area contributed by atoms with Gasteiger partial charge in [-0.15, -0.1) is 0 Å². The quantitative estimate of drug-likeness (QED) is 0.413. The Morgan fingerprint density at radius 3 is 2.46 bits per heavy atom. The predicted molar refractivity (Wildman–Crippen MR) is 98.1 cm³/mol. The lowest BCUT2D eigenvalue weighted by Gasteiger charge is -2.07. The number of hydrogen-bond donors (Lipinski definition) is 1. The zero-order chi connectivity index (χ0) is 19.1. The van der Waals surface area contributed by atoms with E-state index in [0.29, 0.717) is 11.4 Å². The summed E-state index contributed by atoms with van der Waals surface area (Å²) in [6, 6.07) is 7.14. The van der Waals surface area contributed by atoms with Gasteiger partial charge in [0.2, 0.25) is 11.5 Å². The number of carbonyl (C=O) groups is 2. The van der Waals surface area contributed by atoms with E-state index in [-0.39, 0.29) is 30.2 Å². The van der Waals surface area contributed by atoms with Crippen molar-refractivity contribution >= 4 is 39.3 Å². The number of aromatic nitrogens is 1. The number of halogens is 1. The summed E-state index contributed by atoms with van der Waals surface area (Å²) in [4.78, 5) is 24.5. The van der Waals surface area contributed by atoms with E-state index in [1.807, 2.05) is 12.1 Å². The summed E-state index contributed by atoms with van der Waals surface area (Å²) < 4.78 is 16.1. The molecule has 1 N–H and O–H groups in total. The summed E-state index contributed by atoms with van der Waals surface area (Å²) in [5, 5.41) is 7.82. The largest absolute Gasteiger partial charge is 0.462 e. The molecule has 0 saturated carbocycles. The molecule has 2 rings (SSSR count). The van der Waals surface area contributed by atoms with Gasteiger partial charge in [-0.1, -0.05) is 21.1 Å². The Kier molecular flexibility index (Phi) is 6.90. The topological polar surface area (TPSA) is 103 Å². The van der Waals surface area contributed by atoms with Gasteiger partial charge in [-0.25, -0.2) is 9.59 Å². The smallest absolute Gasteiger partial charge is 0.362 e. The Labute approximate surface area is 158 Å². The predicted octanol–water partition coefficient (Wildman–Crippen LogP) is 3.30. The molecule has 0 aliphatic carbocycles. The van der Waals surface area contributed by atoms with Crippen molar-refractivity contribution in [1.82, 2.24) is 5.16 Å². The molecular weight excluding hydrogens is 406 g/mol. The van der Waals surface area contributed by atoms with E-state index in [9.17, 15) is 9.59 Å². The first-order valence-corrected chi connectivity index (χ1v) is 8.67. The molecule has 0 aliphatic rings. The van der Waals surface area contributed by atoms with Gasteiger partial charge in [-0.3, -0.25) is 5.43 Å². The van der Waals surface area contributed by atoms with Gasteiger partial charge in [-0.2, -0.15) is 5.10 Å². The number of ether oxygens (including phenoxy) is 2. The third-order valence-corrected chi connectivity index (χ3v) is 3.70. The van der Waals surface area contributed by atoms with Crippen LogP contribution in [-0.4, -0.2) is 36.0 Å². The zero-order valence-electron chi connectivity index (χ0n) is 14.5. The summed E-state index contributed by atoms with van der Waals surface area (Å²) in [5.74, 6) is -1.51. The average Bonchev–Trinajstić information content (AvgIpc) is 2.98. The first kappa shape index (κ1) is 19.6. The standard InChI is InChI=1S/C17H18BrN3O5/c1-4-24-16(22)13-10(3)21-26-15(13)14(17(23)25-5-2)20-19-12-8-6-11(18)7-9-12/h6-9,19H,4-5H2,1-3H3/b20-14-. The maximum absolute atomic E-state index is 12.3. The molecule has 8 nitrogen and oxygen atoms in total. The minimum atomic E-state index is -0.751. The summed E-state index contributed by atoms with van der Waals surface area (Å²) in [6.45, 7) is 5.22. The van der Waals surface area contributed by atoms with Crippen LogP contribution in [0.1, 0.15) is 35.7 Å². The van der Waals surface area contributed by atoms with Crippen molar-refractivity contribution in [3.63, 3.8) is 0 Å². The van der Waals surface area contributed by atoms with Gasteiger partial charge >= 0.3 is 11.9 Å². The number of hydrazone groups is 1. The molecule has 0 unspecified atom stereocenters. The fraction of sp³-hybridized carbons (Fsp3) is 0.294. The summed E-state index contributed by atoms with van der Waals surface area (Å²) >= 11 is 3.34. The summed E-state index contributed by atoms with van der Waals surface area (Å²) in [7, 11) is 0. The molecule has 0 aliphatic heterocycles. The number of nitrogens with zero attached hydrogens (tertiary/aromatic N) is 2. The molecule has 138 valence electrons. The van der Waals surface area contributed by atoms with Gasteiger partial charge in [0.25, 0.3) is 0 Å². The number of nitrogens with one attached hydrogen (secondary N) is 1. The fourth-order valence-electron chi connectivity index (χ4n) is 2.01. The fourth-order valence-corrected chi connectivity index (χ4v) is 2.27. The molecule has 1 aromatic carbocycles. The van der Waals surface area contributed by atoms with Crippen molar-refractivity contribution in [2.24, 2.45) is 5.10 Å². The van der Waals surface area contributed by atoms with Crippen LogP contribution >= 0.6 is 15.9 Å². The Morgan fingerprint density at radius 1 is 1.19 bits per heavy atom. The normalized spacial score (nSPS) is 11.2. The van der Waals surface area contributed by atoms with Crippen LogP contribution in [0.15, 0.2) is 38.4 Å². The Morgan fingerprint density at radius 2 is 1.85 bits per heavy atom. The van der Waals surface area contributed by atoms with Crippen molar-refractivity contribution in [3.8, 4) is 0 Å². The van der Waals surface area contributed by atoms with Crippen LogP contribution < -0.4 is 5.43 Å². The molecular formula is C17H18BrN3O5. The maximum atomic E-state index is 12.3. The lowest BCUT2D eigenvalue weighted by atomic mass is 10.1. The van der Waals surface area contributed by atoms with Crippen molar-refractivity contribution in [2.75, 3.05) is 18.6 Å². The summed E-state index contributed by atoms with van der Waals surface area (Å²) in [6.07, 6.45) is 0. The monoisotopic (exact) mass is 423 g/mol. The molecule has 0 bridgehead atoms. The van der Waals surface area contributed by atoms with Crippen LogP contribution in [0.4, 0.5) is 5.69 Å². The van der Waals surface area contributed by atoms with Crippen LogP contribution in [0.2, 0.25) is 0 Å². The average molecular weight is 424 g/mol. The number of esters is 2. The first-order valence-electron chi connectivity index (χ1n) is 7.88. The van der Waals surface area contributed by atoms with E-state index < -0.39 is 11.9 Å². The van der Waals surface area contributed by atoms with Gasteiger partial charge in [-0.05, 0) is 45.0 Å². The molecule has 1 heterocycles. The molecule has 2 aromatic rings. The third-order valence-electron chi connectivity index (χ3n) is 3.17. The summed E-state index contributed by atoms with van der Waals surface area (Å²) in [5.41, 5.74) is 3.49. The minimum absolute atomic E-state index is 0.0382. The molecule has 0 radical (unpaired) electrons. The van der Waals surface area contributed by atoms with E-state index in [1.165, 1.54) is 0 Å². The van der Waals surface area contributed by atoms with Crippen LogP contribution in [0.5, 0.6) is 0 Å². The van der Waals surface area contributed by atoms with Crippen LogP contribution in [0.25, 0.3) is 0 Å². The Balaban J connectivity index is 2.42. The molecule has 0 saturated heterocycles. The van der Waals surface area contributed by atoms with E-state index in [0.717, 1.165) is 4.47 Å². The zero-order valence-corrected chi connectivity index (χ0v) is 16.1. The number of anilines is 1. The second-order valence-electron chi connectivity index (χ2n) is 4.99. The number of aryl methyl sites for hydroxylation is 1.